The van der Waals surface area contributed by atoms with Gasteiger partial charge < -0.3 is 14.0 Å². The molecule has 2 heterocycles. The van der Waals surface area contributed by atoms with E-state index in [1.807, 2.05) is 46.8 Å². The number of carbonyl (C=O) groups excluding carboxylic acids is 2. The van der Waals surface area contributed by atoms with Crippen LogP contribution in [0.5, 0.6) is 0 Å². The van der Waals surface area contributed by atoms with E-state index in [0.29, 0.717) is 55.0 Å². The lowest BCUT2D eigenvalue weighted by Crippen LogP contribution is -2.43. The Kier molecular flexibility index (Phi) is 11.6. The number of ether oxygens (including phenoxy) is 2. The van der Waals surface area contributed by atoms with E-state index in [1.54, 1.807) is 36.6 Å². The zero-order chi connectivity index (χ0) is 29.3. The lowest BCUT2D eigenvalue weighted by molar-refractivity contribution is -0.140. The smallest absolute Gasteiger partial charge is 0.271 e. The maximum absolute atomic E-state index is 13.2. The van der Waals surface area contributed by atoms with Crippen LogP contribution in [-0.4, -0.2) is 53.2 Å². The number of amides is 2. The van der Waals surface area contributed by atoms with Gasteiger partial charge in [-0.25, -0.2) is 0 Å². The average Bonchev–Trinajstić information content (AvgIpc) is 2.87. The molecule has 0 atom stereocenters. The highest BCUT2D eigenvalue weighted by Gasteiger charge is 2.34. The monoisotopic (exact) mass is 534 g/mol. The number of nitrogens with zero attached hydrogens (tertiary/aromatic N) is 4. The number of hydrogen-bond donors (Lipinski definition) is 0. The van der Waals surface area contributed by atoms with Crippen LogP contribution in [0.2, 0.25) is 0 Å². The van der Waals surface area contributed by atoms with Crippen molar-refractivity contribution in [1.29, 1.82) is 10.5 Å². The molecule has 0 aromatic carbocycles. The van der Waals surface area contributed by atoms with Crippen LogP contribution in [0.15, 0.2) is 33.7 Å². The highest BCUT2D eigenvalue weighted by Crippen LogP contribution is 2.26. The lowest BCUT2D eigenvalue weighted by atomic mass is 9.94. The van der Waals surface area contributed by atoms with E-state index >= 15 is 0 Å². The molecule has 9 nitrogen and oxygen atoms in total. The van der Waals surface area contributed by atoms with Crippen LogP contribution < -0.4 is 5.56 Å². The first-order chi connectivity index (χ1) is 18.5. The standard InChI is InChI=1S/C30H38N4O5/c1-19(2)38-15-9-13-33-23(7)24(21(5)26(17-31)29(33)36)11-8-12-25-22(6)27(18-32)30(37)34(28(25)35)14-10-16-39-20(3)4/h8,11-12,19-20H,9-10,13-16H2,1-7H3/b11-8+,25-12-. The molecule has 2 rings (SSSR count). The highest BCUT2D eigenvalue weighted by molar-refractivity contribution is 6.18. The molecule has 1 aromatic heterocycles. The topological polar surface area (TPSA) is 125 Å². The van der Waals surface area contributed by atoms with E-state index in [-0.39, 0.29) is 41.0 Å². The third-order valence-corrected chi connectivity index (χ3v) is 6.45. The molecule has 1 aromatic rings. The highest BCUT2D eigenvalue weighted by atomic mass is 16.5. The Bertz CT molecular complexity index is 1330. The molecule has 0 unspecified atom stereocenters. The van der Waals surface area contributed by atoms with Crippen molar-refractivity contribution in [2.45, 2.75) is 80.1 Å². The SMILES string of the molecule is CC1=C(C#N)C(=O)N(CCCOC(C)C)C(=O)/C1=C\C=C\c1c(C)c(C#N)c(=O)n(CCCOC(C)C)c1C. The number of nitriles is 2. The first kappa shape index (κ1) is 31.4. The predicted octanol–water partition coefficient (Wildman–Crippen LogP) is 4.12. The molecule has 0 radical (unpaired) electrons. The third kappa shape index (κ3) is 7.63. The van der Waals surface area contributed by atoms with Gasteiger partial charge in [-0.15, -0.1) is 0 Å². The first-order valence-electron chi connectivity index (χ1n) is 13.2. The summed E-state index contributed by atoms with van der Waals surface area (Å²) in [5.74, 6) is -1.09. The number of imide groups is 1. The van der Waals surface area contributed by atoms with Crippen molar-refractivity contribution in [2.75, 3.05) is 19.8 Å². The second kappa shape index (κ2) is 14.4. The van der Waals surface area contributed by atoms with E-state index in [1.165, 1.54) is 0 Å². The lowest BCUT2D eigenvalue weighted by Gasteiger charge is -2.27. The largest absolute Gasteiger partial charge is 0.379 e. The Morgan fingerprint density at radius 3 is 2.00 bits per heavy atom. The van der Waals surface area contributed by atoms with Crippen LogP contribution in [0.4, 0.5) is 0 Å². The van der Waals surface area contributed by atoms with Crippen molar-refractivity contribution in [1.82, 2.24) is 9.47 Å². The Balaban J connectivity index is 2.43. The van der Waals surface area contributed by atoms with Gasteiger partial charge in [0.25, 0.3) is 17.4 Å². The van der Waals surface area contributed by atoms with E-state index < -0.39 is 11.8 Å². The molecule has 0 saturated heterocycles. The van der Waals surface area contributed by atoms with Crippen molar-refractivity contribution in [2.24, 2.45) is 0 Å². The second-order valence-corrected chi connectivity index (χ2v) is 9.93. The van der Waals surface area contributed by atoms with Gasteiger partial charge in [-0.2, -0.15) is 10.5 Å². The predicted molar refractivity (Wildman–Crippen MR) is 148 cm³/mol. The Labute approximate surface area is 230 Å². The van der Waals surface area contributed by atoms with Crippen molar-refractivity contribution in [3.8, 4) is 12.1 Å². The zero-order valence-corrected chi connectivity index (χ0v) is 24.0. The molecule has 0 fully saturated rings. The summed E-state index contributed by atoms with van der Waals surface area (Å²) in [5.41, 5.74) is 2.13. The Morgan fingerprint density at radius 1 is 0.872 bits per heavy atom. The normalized spacial score (nSPS) is 15.3. The van der Waals surface area contributed by atoms with Crippen molar-refractivity contribution >= 4 is 17.9 Å². The molecule has 0 aliphatic carbocycles. The number of allylic oxidation sites excluding steroid dienone is 2. The van der Waals surface area contributed by atoms with Gasteiger partial charge in [-0.05, 0) is 84.1 Å². The molecular formula is C30H38N4O5. The maximum Gasteiger partial charge on any atom is 0.271 e. The summed E-state index contributed by atoms with van der Waals surface area (Å²) in [6.07, 6.45) is 6.14. The summed E-state index contributed by atoms with van der Waals surface area (Å²) >= 11 is 0. The van der Waals surface area contributed by atoms with Gasteiger partial charge >= 0.3 is 0 Å². The van der Waals surface area contributed by atoms with Gasteiger partial charge in [0.1, 0.15) is 23.3 Å². The van der Waals surface area contributed by atoms with Gasteiger partial charge in [-0.1, -0.05) is 12.2 Å². The van der Waals surface area contributed by atoms with E-state index in [2.05, 4.69) is 0 Å². The fraction of sp³-hybridized carbons (Fsp3) is 0.500. The first-order valence-corrected chi connectivity index (χ1v) is 13.2. The number of hydrogen-bond acceptors (Lipinski definition) is 7. The summed E-state index contributed by atoms with van der Waals surface area (Å²) in [4.78, 5) is 40.0. The molecule has 0 spiro atoms. The van der Waals surface area contributed by atoms with E-state index in [0.717, 1.165) is 4.90 Å². The zero-order valence-electron chi connectivity index (χ0n) is 24.0. The van der Waals surface area contributed by atoms with Crippen LogP contribution in [0, 0.1) is 36.5 Å². The van der Waals surface area contributed by atoms with Gasteiger partial charge in [-0.3, -0.25) is 19.3 Å². The van der Waals surface area contributed by atoms with E-state index in [4.69, 9.17) is 9.47 Å². The van der Waals surface area contributed by atoms with Crippen molar-refractivity contribution < 1.29 is 19.1 Å². The average molecular weight is 535 g/mol. The van der Waals surface area contributed by atoms with Crippen LogP contribution in [-0.2, 0) is 25.6 Å². The second-order valence-electron chi connectivity index (χ2n) is 9.93. The van der Waals surface area contributed by atoms with Crippen molar-refractivity contribution in [3.05, 3.63) is 61.6 Å². The Hall–Kier alpha value is -3.79. The number of rotatable bonds is 12. The molecular weight excluding hydrogens is 496 g/mol. The summed E-state index contributed by atoms with van der Waals surface area (Å²) < 4.78 is 12.7. The summed E-state index contributed by atoms with van der Waals surface area (Å²) in [6, 6.07) is 3.96. The molecule has 208 valence electrons. The molecule has 0 N–H and O–H groups in total. The van der Waals surface area contributed by atoms with Gasteiger partial charge in [0.05, 0.1) is 12.2 Å². The summed E-state index contributed by atoms with van der Waals surface area (Å²) in [6.45, 7) is 14.2. The molecule has 2 amide bonds. The van der Waals surface area contributed by atoms with Crippen LogP contribution in [0.25, 0.3) is 6.08 Å². The summed E-state index contributed by atoms with van der Waals surface area (Å²) in [7, 11) is 0. The molecule has 39 heavy (non-hydrogen) atoms. The number of aromatic nitrogens is 1. The van der Waals surface area contributed by atoms with Crippen LogP contribution >= 0.6 is 0 Å². The minimum Gasteiger partial charge on any atom is -0.379 e. The van der Waals surface area contributed by atoms with Crippen molar-refractivity contribution in [3.63, 3.8) is 0 Å². The molecule has 0 bridgehead atoms. The minimum atomic E-state index is -0.607. The minimum absolute atomic E-state index is 0.0337. The van der Waals surface area contributed by atoms with Gasteiger partial charge in [0, 0.05) is 37.6 Å². The van der Waals surface area contributed by atoms with Crippen LogP contribution in [0.1, 0.15) is 69.8 Å². The maximum atomic E-state index is 13.2. The summed E-state index contributed by atoms with van der Waals surface area (Å²) in [5, 5.41) is 19.3. The van der Waals surface area contributed by atoms with Gasteiger partial charge in [0.15, 0.2) is 0 Å². The number of pyridine rings is 1. The fourth-order valence-corrected chi connectivity index (χ4v) is 4.33. The third-order valence-electron chi connectivity index (χ3n) is 6.45. The Morgan fingerprint density at radius 2 is 1.46 bits per heavy atom. The fourth-order valence-electron chi connectivity index (χ4n) is 4.33. The number of carbonyl (C=O) groups is 2. The van der Waals surface area contributed by atoms with Gasteiger partial charge in [0.2, 0.25) is 0 Å². The molecule has 1 aliphatic heterocycles. The molecule has 1 aliphatic rings. The molecule has 0 saturated carbocycles. The quantitative estimate of drug-likeness (QED) is 0.224. The van der Waals surface area contributed by atoms with E-state index in [9.17, 15) is 24.9 Å². The molecule has 9 heteroatoms. The van der Waals surface area contributed by atoms with Crippen LogP contribution in [0.3, 0.4) is 0 Å².